The fraction of sp³-hybridized carbons (Fsp3) is 0.600. The van der Waals surface area contributed by atoms with Gasteiger partial charge in [-0.05, 0) is 33.2 Å². The summed E-state index contributed by atoms with van der Waals surface area (Å²) in [6, 6.07) is 8.76. The molecule has 1 atom stereocenters. The van der Waals surface area contributed by atoms with E-state index >= 15 is 0 Å². The second-order valence-corrected chi connectivity index (χ2v) is 5.33. The molecule has 1 fully saturated rings. The highest BCUT2D eigenvalue weighted by Crippen LogP contribution is 2.28. The van der Waals surface area contributed by atoms with Crippen molar-refractivity contribution >= 4 is 5.69 Å². The first kappa shape index (κ1) is 14.2. The number of ether oxygens (including phenoxy) is 1. The van der Waals surface area contributed by atoms with Gasteiger partial charge in [-0.1, -0.05) is 12.1 Å². The number of nitrogens with one attached hydrogen (secondary N) is 1. The molecular weight excluding hydrogens is 238 g/mol. The third kappa shape index (κ3) is 3.85. The maximum absolute atomic E-state index is 6.01. The molecule has 0 aliphatic carbocycles. The van der Waals surface area contributed by atoms with Gasteiger partial charge in [-0.15, -0.1) is 0 Å². The molecule has 0 saturated carbocycles. The Morgan fingerprint density at radius 3 is 2.63 bits per heavy atom. The van der Waals surface area contributed by atoms with E-state index in [0.29, 0.717) is 6.04 Å². The Labute approximate surface area is 116 Å². The molecule has 1 aromatic rings. The van der Waals surface area contributed by atoms with Gasteiger partial charge in [-0.2, -0.15) is 0 Å². The first-order valence-electron chi connectivity index (χ1n) is 7.02. The minimum absolute atomic E-state index is 0.413. The van der Waals surface area contributed by atoms with Crippen LogP contribution < -0.4 is 15.0 Å². The van der Waals surface area contributed by atoms with Crippen molar-refractivity contribution in [2.24, 2.45) is 0 Å². The first-order valence-corrected chi connectivity index (χ1v) is 7.02. The van der Waals surface area contributed by atoms with Gasteiger partial charge in [0, 0.05) is 32.2 Å². The lowest BCUT2D eigenvalue weighted by Gasteiger charge is -2.31. The Morgan fingerprint density at radius 2 is 1.95 bits per heavy atom. The number of nitrogens with zero attached hydrogens (tertiary/aromatic N) is 2. The Balaban J connectivity index is 2.03. The summed E-state index contributed by atoms with van der Waals surface area (Å²) in [5.74, 6) is 0.998. The smallest absolute Gasteiger partial charge is 0.142 e. The molecule has 0 amide bonds. The van der Waals surface area contributed by atoms with Gasteiger partial charge in [0.2, 0.25) is 0 Å². The van der Waals surface area contributed by atoms with Crippen LogP contribution in [0.3, 0.4) is 0 Å². The van der Waals surface area contributed by atoms with Crippen molar-refractivity contribution in [2.75, 3.05) is 51.8 Å². The van der Waals surface area contributed by atoms with Crippen LogP contribution in [0.1, 0.15) is 6.92 Å². The van der Waals surface area contributed by atoms with Gasteiger partial charge in [-0.3, -0.25) is 0 Å². The molecule has 4 nitrogen and oxygen atoms in total. The van der Waals surface area contributed by atoms with Crippen molar-refractivity contribution in [2.45, 2.75) is 13.0 Å². The SMILES string of the molecule is CC(COc1ccccc1N1CCNCC1)N(C)C. The molecule has 19 heavy (non-hydrogen) atoms. The lowest BCUT2D eigenvalue weighted by atomic mass is 10.2. The number of benzene rings is 1. The summed E-state index contributed by atoms with van der Waals surface area (Å²) in [5.41, 5.74) is 1.22. The molecule has 1 aromatic carbocycles. The topological polar surface area (TPSA) is 27.7 Å². The van der Waals surface area contributed by atoms with E-state index in [1.54, 1.807) is 0 Å². The quantitative estimate of drug-likeness (QED) is 0.869. The van der Waals surface area contributed by atoms with Gasteiger partial charge < -0.3 is 19.9 Å². The number of para-hydroxylation sites is 2. The molecule has 1 heterocycles. The molecule has 2 rings (SSSR count). The van der Waals surface area contributed by atoms with E-state index in [1.165, 1.54) is 5.69 Å². The molecule has 0 aromatic heterocycles. The van der Waals surface area contributed by atoms with Crippen molar-refractivity contribution in [3.05, 3.63) is 24.3 Å². The van der Waals surface area contributed by atoms with Crippen molar-refractivity contribution in [1.29, 1.82) is 0 Å². The highest BCUT2D eigenvalue weighted by atomic mass is 16.5. The summed E-state index contributed by atoms with van der Waals surface area (Å²) >= 11 is 0. The summed E-state index contributed by atoms with van der Waals surface area (Å²) in [6.45, 7) is 7.07. The molecule has 1 unspecified atom stereocenters. The van der Waals surface area contributed by atoms with Crippen LogP contribution in [-0.4, -0.2) is 57.8 Å². The van der Waals surface area contributed by atoms with Gasteiger partial charge in [0.05, 0.1) is 5.69 Å². The first-order chi connectivity index (χ1) is 9.18. The van der Waals surface area contributed by atoms with Crippen molar-refractivity contribution in [3.63, 3.8) is 0 Å². The molecule has 106 valence electrons. The molecule has 0 spiro atoms. The number of hydrogen-bond acceptors (Lipinski definition) is 4. The number of rotatable bonds is 5. The van der Waals surface area contributed by atoms with Crippen molar-refractivity contribution in [3.8, 4) is 5.75 Å². The predicted molar refractivity (Wildman–Crippen MR) is 80.2 cm³/mol. The van der Waals surface area contributed by atoms with E-state index in [9.17, 15) is 0 Å². The third-order valence-corrected chi connectivity index (χ3v) is 3.68. The van der Waals surface area contributed by atoms with Gasteiger partial charge in [0.25, 0.3) is 0 Å². The summed E-state index contributed by atoms with van der Waals surface area (Å²) in [6.07, 6.45) is 0. The van der Waals surface area contributed by atoms with E-state index in [4.69, 9.17) is 4.74 Å². The Bertz CT molecular complexity index is 389. The van der Waals surface area contributed by atoms with Gasteiger partial charge in [-0.25, -0.2) is 0 Å². The van der Waals surface area contributed by atoms with E-state index in [0.717, 1.165) is 38.5 Å². The predicted octanol–water partition coefficient (Wildman–Crippen LogP) is 1.43. The number of anilines is 1. The van der Waals surface area contributed by atoms with Crippen LogP contribution in [0.5, 0.6) is 5.75 Å². The fourth-order valence-electron chi connectivity index (χ4n) is 2.11. The maximum Gasteiger partial charge on any atom is 0.142 e. The van der Waals surface area contributed by atoms with Gasteiger partial charge >= 0.3 is 0 Å². The minimum atomic E-state index is 0.413. The lowest BCUT2D eigenvalue weighted by Crippen LogP contribution is -2.43. The third-order valence-electron chi connectivity index (χ3n) is 3.68. The van der Waals surface area contributed by atoms with E-state index in [2.05, 4.69) is 54.3 Å². The second-order valence-electron chi connectivity index (χ2n) is 5.33. The molecule has 1 aliphatic heterocycles. The van der Waals surface area contributed by atoms with Crippen LogP contribution in [0.4, 0.5) is 5.69 Å². The zero-order chi connectivity index (χ0) is 13.7. The minimum Gasteiger partial charge on any atom is -0.490 e. The van der Waals surface area contributed by atoms with Crippen LogP contribution in [-0.2, 0) is 0 Å². The van der Waals surface area contributed by atoms with Crippen LogP contribution in [0.25, 0.3) is 0 Å². The van der Waals surface area contributed by atoms with Gasteiger partial charge in [0.15, 0.2) is 0 Å². The summed E-state index contributed by atoms with van der Waals surface area (Å²) < 4.78 is 6.01. The zero-order valence-corrected chi connectivity index (χ0v) is 12.2. The van der Waals surface area contributed by atoms with Crippen LogP contribution in [0, 0.1) is 0 Å². The van der Waals surface area contributed by atoms with E-state index in [-0.39, 0.29) is 0 Å². The maximum atomic E-state index is 6.01. The molecule has 0 bridgehead atoms. The van der Waals surface area contributed by atoms with Crippen LogP contribution >= 0.6 is 0 Å². The highest BCUT2D eigenvalue weighted by Gasteiger charge is 2.15. The summed E-state index contributed by atoms with van der Waals surface area (Å²) in [7, 11) is 4.16. The number of likely N-dealkylation sites (N-methyl/N-ethyl adjacent to an activating group) is 1. The average molecular weight is 263 g/mol. The van der Waals surface area contributed by atoms with Gasteiger partial charge in [0.1, 0.15) is 12.4 Å². The van der Waals surface area contributed by atoms with E-state index in [1.807, 2.05) is 6.07 Å². The lowest BCUT2D eigenvalue weighted by molar-refractivity contribution is 0.198. The highest BCUT2D eigenvalue weighted by molar-refractivity contribution is 5.58. The second kappa shape index (κ2) is 6.78. The molecule has 1 N–H and O–H groups in total. The number of piperazine rings is 1. The summed E-state index contributed by atoms with van der Waals surface area (Å²) in [4.78, 5) is 4.57. The normalized spacial score (nSPS) is 17.6. The van der Waals surface area contributed by atoms with E-state index < -0.39 is 0 Å². The monoisotopic (exact) mass is 263 g/mol. The number of hydrogen-bond donors (Lipinski definition) is 1. The Hall–Kier alpha value is -1.26. The van der Waals surface area contributed by atoms with Crippen LogP contribution in [0.2, 0.25) is 0 Å². The Kier molecular flexibility index (Phi) is 5.05. The fourth-order valence-corrected chi connectivity index (χ4v) is 2.11. The van der Waals surface area contributed by atoms with Crippen molar-refractivity contribution in [1.82, 2.24) is 10.2 Å². The Morgan fingerprint density at radius 1 is 1.26 bits per heavy atom. The molecule has 1 saturated heterocycles. The molecular formula is C15H25N3O. The van der Waals surface area contributed by atoms with Crippen molar-refractivity contribution < 1.29 is 4.74 Å². The molecule has 0 radical (unpaired) electrons. The largest absolute Gasteiger partial charge is 0.490 e. The average Bonchev–Trinajstić information content (AvgIpc) is 2.46. The van der Waals surface area contributed by atoms with Crippen LogP contribution in [0.15, 0.2) is 24.3 Å². The zero-order valence-electron chi connectivity index (χ0n) is 12.2. The summed E-state index contributed by atoms with van der Waals surface area (Å²) in [5, 5.41) is 3.38. The molecule has 4 heteroatoms. The standard InChI is InChI=1S/C15H25N3O/c1-13(17(2)3)12-19-15-7-5-4-6-14(15)18-10-8-16-9-11-18/h4-7,13,16H,8-12H2,1-3H3. The molecule has 1 aliphatic rings.